The third-order valence-corrected chi connectivity index (χ3v) is 7.23. The molecule has 0 saturated heterocycles. The molecule has 0 aromatic heterocycles. The maximum Gasteiger partial charge on any atom is 0.573 e. The van der Waals surface area contributed by atoms with Crippen molar-refractivity contribution in [1.82, 2.24) is 0 Å². The van der Waals surface area contributed by atoms with Crippen molar-refractivity contribution in [3.8, 4) is 16.9 Å². The van der Waals surface area contributed by atoms with Crippen LogP contribution < -0.4 is 4.74 Å². The first-order valence-electron chi connectivity index (χ1n) is 12.7. The molecule has 0 atom stereocenters. The van der Waals surface area contributed by atoms with E-state index in [0.717, 1.165) is 32.1 Å². The van der Waals surface area contributed by atoms with Gasteiger partial charge in [-0.05, 0) is 90.8 Å². The van der Waals surface area contributed by atoms with Gasteiger partial charge >= 0.3 is 12.4 Å². The van der Waals surface area contributed by atoms with Crippen LogP contribution in [0.1, 0.15) is 54.7 Å². The maximum atomic E-state index is 15.1. The van der Waals surface area contributed by atoms with E-state index in [1.54, 1.807) is 24.3 Å². The molecule has 0 unspecified atom stereocenters. The quantitative estimate of drug-likeness (QED) is 0.198. The Morgan fingerprint density at radius 3 is 1.95 bits per heavy atom. The van der Waals surface area contributed by atoms with Gasteiger partial charge in [-0.25, -0.2) is 13.2 Å². The zero-order valence-corrected chi connectivity index (χ0v) is 21.4. The van der Waals surface area contributed by atoms with E-state index in [4.69, 9.17) is 0 Å². The zero-order chi connectivity index (χ0) is 29.0. The summed E-state index contributed by atoms with van der Waals surface area (Å²) < 4.78 is 115. The van der Waals surface area contributed by atoms with Gasteiger partial charge in [0.1, 0.15) is 5.82 Å². The van der Waals surface area contributed by atoms with Crippen molar-refractivity contribution >= 4 is 5.83 Å². The van der Waals surface area contributed by atoms with Crippen molar-refractivity contribution in [3.05, 3.63) is 94.8 Å². The number of ether oxygens (including phenoxy) is 2. The SMILES string of the molecule is COC(F)=C(F)c1ccc(-c2ccc(C3CCC(CCc4cc(F)c(OC(F)(F)F)c(F)c4)CC3)c(F)c2)cc1. The molecule has 1 aliphatic carbocycles. The van der Waals surface area contributed by atoms with E-state index in [-0.39, 0.29) is 35.2 Å². The average Bonchev–Trinajstić information content (AvgIpc) is 2.93. The summed E-state index contributed by atoms with van der Waals surface area (Å²) in [5.41, 5.74) is 2.04. The highest BCUT2D eigenvalue weighted by atomic mass is 19.4. The molecule has 2 nitrogen and oxygen atoms in total. The lowest BCUT2D eigenvalue weighted by Gasteiger charge is -2.29. The standard InChI is InChI=1S/C30H26F8O2/c1-39-29(35)27(34)21-10-8-19(9-11-21)22-12-13-23(24(31)16-22)20-6-4-17(5-7-20)2-3-18-14-25(32)28(26(33)15-18)40-30(36,37)38/h8-17,20H,2-7H2,1H3. The Morgan fingerprint density at radius 1 is 0.800 bits per heavy atom. The molecule has 214 valence electrons. The van der Waals surface area contributed by atoms with E-state index in [1.807, 2.05) is 0 Å². The summed E-state index contributed by atoms with van der Waals surface area (Å²) >= 11 is 0. The molecule has 4 rings (SSSR count). The molecule has 0 N–H and O–H groups in total. The smallest absolute Gasteiger partial charge is 0.472 e. The zero-order valence-electron chi connectivity index (χ0n) is 21.4. The lowest BCUT2D eigenvalue weighted by Crippen LogP contribution is -2.19. The number of hydrogen-bond donors (Lipinski definition) is 0. The Hall–Kier alpha value is -3.56. The van der Waals surface area contributed by atoms with Gasteiger partial charge in [0.15, 0.2) is 11.6 Å². The Bertz CT molecular complexity index is 1330. The van der Waals surface area contributed by atoms with Crippen molar-refractivity contribution in [2.45, 2.75) is 50.8 Å². The van der Waals surface area contributed by atoms with Crippen LogP contribution in [0.3, 0.4) is 0 Å². The van der Waals surface area contributed by atoms with E-state index in [2.05, 4.69) is 9.47 Å². The van der Waals surface area contributed by atoms with Gasteiger partial charge in [-0.2, -0.15) is 8.78 Å². The molecular formula is C30H26F8O2. The topological polar surface area (TPSA) is 18.5 Å². The predicted molar refractivity (Wildman–Crippen MR) is 134 cm³/mol. The first-order valence-corrected chi connectivity index (χ1v) is 12.7. The van der Waals surface area contributed by atoms with E-state index < -0.39 is 35.6 Å². The molecule has 1 saturated carbocycles. The van der Waals surface area contributed by atoms with Crippen molar-refractivity contribution in [1.29, 1.82) is 0 Å². The summed E-state index contributed by atoms with van der Waals surface area (Å²) in [6.45, 7) is 0. The highest BCUT2D eigenvalue weighted by Crippen LogP contribution is 2.40. The molecule has 1 fully saturated rings. The number of halogens is 8. The number of hydrogen-bond acceptors (Lipinski definition) is 2. The number of rotatable bonds is 8. The maximum absolute atomic E-state index is 15.1. The number of methoxy groups -OCH3 is 1. The van der Waals surface area contributed by atoms with Crippen LogP contribution in [-0.2, 0) is 11.2 Å². The van der Waals surface area contributed by atoms with Crippen molar-refractivity contribution < 1.29 is 44.6 Å². The molecule has 3 aromatic carbocycles. The monoisotopic (exact) mass is 570 g/mol. The summed E-state index contributed by atoms with van der Waals surface area (Å²) in [5.74, 6) is -5.55. The van der Waals surface area contributed by atoms with Gasteiger partial charge in [-0.3, -0.25) is 0 Å². The van der Waals surface area contributed by atoms with Gasteiger partial charge in [0.2, 0.25) is 11.6 Å². The van der Waals surface area contributed by atoms with Crippen LogP contribution >= 0.6 is 0 Å². The summed E-state index contributed by atoms with van der Waals surface area (Å²) in [5, 5.41) is 0. The molecule has 1 aliphatic rings. The molecule has 0 bridgehead atoms. The van der Waals surface area contributed by atoms with Gasteiger partial charge in [-0.1, -0.05) is 36.4 Å². The van der Waals surface area contributed by atoms with E-state index in [0.29, 0.717) is 36.0 Å². The van der Waals surface area contributed by atoms with Crippen LogP contribution in [-0.4, -0.2) is 13.5 Å². The van der Waals surface area contributed by atoms with Gasteiger partial charge in [0.05, 0.1) is 7.11 Å². The largest absolute Gasteiger partial charge is 0.573 e. The number of benzene rings is 3. The molecule has 0 amide bonds. The highest BCUT2D eigenvalue weighted by molar-refractivity contribution is 5.68. The van der Waals surface area contributed by atoms with Crippen LogP contribution in [0.25, 0.3) is 17.0 Å². The Labute approximate surface area is 226 Å². The average molecular weight is 571 g/mol. The predicted octanol–water partition coefficient (Wildman–Crippen LogP) is 9.79. The second-order valence-electron chi connectivity index (χ2n) is 9.80. The van der Waals surface area contributed by atoms with Crippen molar-refractivity contribution in [2.24, 2.45) is 5.92 Å². The summed E-state index contributed by atoms with van der Waals surface area (Å²) in [6.07, 6.45) is -1.35. The third kappa shape index (κ3) is 7.14. The molecule has 0 aliphatic heterocycles. The first kappa shape index (κ1) is 29.4. The molecule has 0 spiro atoms. The normalized spacial score (nSPS) is 18.3. The first-order chi connectivity index (χ1) is 18.9. The number of alkyl halides is 3. The lowest BCUT2D eigenvalue weighted by molar-refractivity contribution is -0.276. The van der Waals surface area contributed by atoms with Crippen molar-refractivity contribution in [3.63, 3.8) is 0 Å². The number of aryl methyl sites for hydroxylation is 1. The summed E-state index contributed by atoms with van der Waals surface area (Å²) in [7, 11) is 1.02. The minimum absolute atomic E-state index is 0.000272. The highest BCUT2D eigenvalue weighted by Gasteiger charge is 2.34. The Morgan fingerprint density at radius 2 is 1.40 bits per heavy atom. The Kier molecular flexibility index (Phi) is 9.05. The van der Waals surface area contributed by atoms with Crippen LogP contribution in [0, 0.1) is 23.4 Å². The van der Waals surface area contributed by atoms with Crippen LogP contribution in [0.5, 0.6) is 5.75 Å². The fraction of sp³-hybridized carbons (Fsp3) is 0.333. The third-order valence-electron chi connectivity index (χ3n) is 7.23. The molecule has 40 heavy (non-hydrogen) atoms. The molecule has 3 aromatic rings. The van der Waals surface area contributed by atoms with Crippen LogP contribution in [0.15, 0.2) is 60.6 Å². The summed E-state index contributed by atoms with van der Waals surface area (Å²) in [4.78, 5) is 0. The fourth-order valence-electron chi connectivity index (χ4n) is 5.15. The van der Waals surface area contributed by atoms with Crippen molar-refractivity contribution in [2.75, 3.05) is 7.11 Å². The lowest BCUT2D eigenvalue weighted by atomic mass is 9.76. The van der Waals surface area contributed by atoms with Gasteiger partial charge in [-0.15, -0.1) is 13.2 Å². The Balaban J connectivity index is 1.33. The van der Waals surface area contributed by atoms with Gasteiger partial charge < -0.3 is 9.47 Å². The molecule has 0 radical (unpaired) electrons. The minimum atomic E-state index is -5.20. The van der Waals surface area contributed by atoms with Crippen LogP contribution in [0.4, 0.5) is 35.1 Å². The second-order valence-corrected chi connectivity index (χ2v) is 9.80. The van der Waals surface area contributed by atoms with E-state index in [1.165, 1.54) is 18.2 Å². The fourth-order valence-corrected chi connectivity index (χ4v) is 5.15. The molecular weight excluding hydrogens is 544 g/mol. The minimum Gasteiger partial charge on any atom is -0.472 e. The summed E-state index contributed by atoms with van der Waals surface area (Å²) in [6, 6.07) is 11.2. The van der Waals surface area contributed by atoms with Gasteiger partial charge in [0.25, 0.3) is 0 Å². The second kappa shape index (κ2) is 12.3. The van der Waals surface area contributed by atoms with E-state index in [9.17, 15) is 30.7 Å². The van der Waals surface area contributed by atoms with Crippen LogP contribution in [0.2, 0.25) is 0 Å². The molecule has 10 heteroatoms. The van der Waals surface area contributed by atoms with Gasteiger partial charge in [0, 0.05) is 5.56 Å². The molecule has 0 heterocycles. The van der Waals surface area contributed by atoms with E-state index >= 15 is 4.39 Å².